The van der Waals surface area contributed by atoms with E-state index in [0.717, 1.165) is 62.9 Å². The zero-order valence-corrected chi connectivity index (χ0v) is 29.3. The van der Waals surface area contributed by atoms with E-state index in [1.165, 1.54) is 18.2 Å². The molecule has 1 saturated heterocycles. The minimum absolute atomic E-state index is 0.0433. The van der Waals surface area contributed by atoms with Crippen LogP contribution in [0.15, 0.2) is 48.5 Å². The van der Waals surface area contributed by atoms with Crippen LogP contribution in [0.5, 0.6) is 5.75 Å². The molecule has 1 heterocycles. The summed E-state index contributed by atoms with van der Waals surface area (Å²) in [7, 11) is 1.39. The van der Waals surface area contributed by atoms with E-state index in [0.29, 0.717) is 77.5 Å². The first kappa shape index (κ1) is 36.0. The van der Waals surface area contributed by atoms with Crippen LogP contribution >= 0.6 is 0 Å². The Morgan fingerprint density at radius 1 is 0.898 bits per heavy atom. The number of fused-ring (bicyclic) bond motifs is 5. The summed E-state index contributed by atoms with van der Waals surface area (Å²) < 4.78 is 39.8. The third-order valence-corrected chi connectivity index (χ3v) is 11.5. The van der Waals surface area contributed by atoms with Crippen molar-refractivity contribution < 1.29 is 42.7 Å². The first-order chi connectivity index (χ1) is 23.9. The Hall–Kier alpha value is -2.82. The molecule has 9 heteroatoms. The monoisotopic (exact) mass is 678 g/mol. The van der Waals surface area contributed by atoms with Crippen molar-refractivity contribution in [1.82, 2.24) is 0 Å². The SMILES string of the molecule is COC(=O)[C@@]1(CCOCCOCCOCCOC2CCCCO2)C[C@H]2[C@@H]3CCc4cc(OCc5ccccc5)ccc4[C@H]3CC[C@]2(C)C1=O. The number of methoxy groups -OCH3 is 1. The lowest BCUT2D eigenvalue weighted by molar-refractivity contribution is -0.169. The van der Waals surface area contributed by atoms with Crippen LogP contribution in [-0.2, 0) is 51.0 Å². The van der Waals surface area contributed by atoms with Gasteiger partial charge in [0.25, 0.3) is 0 Å². The number of carbonyl (C=O) groups is 2. The molecule has 9 nitrogen and oxygen atoms in total. The maximum atomic E-state index is 14.3. The second-order valence-corrected chi connectivity index (χ2v) is 14.4. The molecule has 0 spiro atoms. The van der Waals surface area contributed by atoms with Crippen LogP contribution in [0.3, 0.4) is 0 Å². The summed E-state index contributed by atoms with van der Waals surface area (Å²) in [6.45, 7) is 6.46. The van der Waals surface area contributed by atoms with Crippen molar-refractivity contribution in [2.75, 3.05) is 60.0 Å². The first-order valence-corrected chi connectivity index (χ1v) is 18.3. The van der Waals surface area contributed by atoms with Crippen LogP contribution in [0.1, 0.15) is 80.9 Å². The second-order valence-electron chi connectivity index (χ2n) is 14.4. The van der Waals surface area contributed by atoms with Crippen molar-refractivity contribution in [1.29, 1.82) is 0 Å². The lowest BCUT2D eigenvalue weighted by atomic mass is 9.55. The molecule has 2 saturated carbocycles. The normalized spacial score (nSPS) is 29.1. The van der Waals surface area contributed by atoms with Crippen molar-refractivity contribution in [2.45, 2.75) is 83.5 Å². The van der Waals surface area contributed by atoms with Crippen molar-refractivity contribution in [2.24, 2.45) is 22.7 Å². The minimum Gasteiger partial charge on any atom is -0.489 e. The van der Waals surface area contributed by atoms with Gasteiger partial charge in [-0.05, 0) is 104 Å². The average Bonchev–Trinajstić information content (AvgIpc) is 3.38. The van der Waals surface area contributed by atoms with Gasteiger partial charge in [-0.15, -0.1) is 0 Å². The highest BCUT2D eigenvalue weighted by molar-refractivity contribution is 6.08. The molecular formula is C40H54O9. The van der Waals surface area contributed by atoms with Crippen LogP contribution in [0.25, 0.3) is 0 Å². The summed E-state index contributed by atoms with van der Waals surface area (Å²) in [4.78, 5) is 27.7. The predicted molar refractivity (Wildman–Crippen MR) is 183 cm³/mol. The van der Waals surface area contributed by atoms with Crippen LogP contribution in [0.2, 0.25) is 0 Å². The van der Waals surface area contributed by atoms with Gasteiger partial charge in [-0.2, -0.15) is 0 Å². The Bertz CT molecular complexity index is 1380. The maximum absolute atomic E-state index is 14.3. The van der Waals surface area contributed by atoms with Crippen molar-refractivity contribution in [3.05, 3.63) is 65.2 Å². The smallest absolute Gasteiger partial charge is 0.319 e. The lowest BCUT2D eigenvalue weighted by Crippen LogP contribution is -2.45. The summed E-state index contributed by atoms with van der Waals surface area (Å²) in [5, 5.41) is 0. The fraction of sp³-hybridized carbons (Fsp3) is 0.650. The van der Waals surface area contributed by atoms with Crippen molar-refractivity contribution >= 4 is 11.8 Å². The Kier molecular flexibility index (Phi) is 12.4. The number of hydrogen-bond donors (Lipinski definition) is 0. The molecule has 0 bridgehead atoms. The zero-order chi connectivity index (χ0) is 34.1. The molecule has 0 N–H and O–H groups in total. The Labute approximate surface area is 291 Å². The Morgan fingerprint density at radius 3 is 2.39 bits per heavy atom. The Balaban J connectivity index is 0.968. The minimum atomic E-state index is -1.17. The number of Topliss-reactive ketones (excluding diaryl/α,β-unsaturated/α-hetero) is 1. The third-order valence-electron chi connectivity index (χ3n) is 11.5. The molecule has 2 aromatic rings. The van der Waals surface area contributed by atoms with Gasteiger partial charge >= 0.3 is 5.97 Å². The van der Waals surface area contributed by atoms with Gasteiger partial charge in [0.15, 0.2) is 12.1 Å². The van der Waals surface area contributed by atoms with Gasteiger partial charge in [-0.3, -0.25) is 9.59 Å². The Morgan fingerprint density at radius 2 is 1.65 bits per heavy atom. The van der Waals surface area contributed by atoms with Gasteiger partial charge in [-0.25, -0.2) is 0 Å². The summed E-state index contributed by atoms with van der Waals surface area (Å²) >= 11 is 0. The molecule has 4 aliphatic rings. The highest BCUT2D eigenvalue weighted by Gasteiger charge is 2.66. The third kappa shape index (κ3) is 8.23. The number of carbonyl (C=O) groups excluding carboxylic acids is 2. The van der Waals surface area contributed by atoms with Gasteiger partial charge in [0, 0.05) is 18.6 Å². The van der Waals surface area contributed by atoms with Gasteiger partial charge in [0.05, 0.1) is 46.8 Å². The largest absolute Gasteiger partial charge is 0.489 e. The number of benzene rings is 2. The molecule has 0 aromatic heterocycles. The fourth-order valence-electron chi connectivity index (χ4n) is 8.94. The fourth-order valence-corrected chi connectivity index (χ4v) is 8.94. The maximum Gasteiger partial charge on any atom is 0.319 e. The molecular weight excluding hydrogens is 624 g/mol. The van der Waals surface area contributed by atoms with Gasteiger partial charge in [0.1, 0.15) is 17.8 Å². The van der Waals surface area contributed by atoms with Crippen LogP contribution in [0.4, 0.5) is 0 Å². The quantitative estimate of drug-likeness (QED) is 0.106. The van der Waals surface area contributed by atoms with Crippen LogP contribution in [0, 0.1) is 22.7 Å². The van der Waals surface area contributed by atoms with Crippen molar-refractivity contribution in [3.8, 4) is 5.75 Å². The predicted octanol–water partition coefficient (Wildman–Crippen LogP) is 6.44. The number of esters is 1. The molecule has 1 aliphatic heterocycles. The second kappa shape index (κ2) is 16.9. The van der Waals surface area contributed by atoms with Gasteiger partial charge < -0.3 is 33.2 Å². The van der Waals surface area contributed by atoms with E-state index in [1.54, 1.807) is 0 Å². The summed E-state index contributed by atoms with van der Waals surface area (Å²) in [6, 6.07) is 16.8. The number of rotatable bonds is 17. The van der Waals surface area contributed by atoms with E-state index in [1.807, 2.05) is 18.2 Å². The lowest BCUT2D eigenvalue weighted by Gasteiger charge is -2.48. The summed E-state index contributed by atoms with van der Waals surface area (Å²) in [6.07, 6.45) is 7.62. The van der Waals surface area contributed by atoms with E-state index in [4.69, 9.17) is 33.2 Å². The van der Waals surface area contributed by atoms with Crippen LogP contribution < -0.4 is 4.74 Å². The number of aryl methyl sites for hydroxylation is 1. The number of ketones is 1. The summed E-state index contributed by atoms with van der Waals surface area (Å²) in [5.74, 6) is 1.37. The highest BCUT2D eigenvalue weighted by atomic mass is 16.7. The van der Waals surface area contributed by atoms with E-state index in [9.17, 15) is 9.59 Å². The standard InChI is InChI=1S/C40H54O9/c1-39-16-15-33-32-14-12-31(49-28-29-8-4-3-5-9-29)26-30(32)11-13-34(33)35(39)27-40(37(39)41,38(42)43-2)17-19-44-20-21-45-22-23-46-24-25-48-36-10-6-7-18-47-36/h3-5,8-9,12,14,26,33-36H,6-7,10-11,13,15-25,27-28H2,1-2H3/t33-,34-,35+,36?,39+,40+/m1/s1. The molecule has 3 aliphatic carbocycles. The van der Waals surface area contributed by atoms with E-state index < -0.39 is 16.8 Å². The highest BCUT2D eigenvalue weighted by Crippen LogP contribution is 2.64. The first-order valence-electron chi connectivity index (χ1n) is 18.3. The molecule has 6 atom stereocenters. The molecule has 268 valence electrons. The molecule has 6 rings (SSSR count). The topological polar surface area (TPSA) is 98.8 Å². The van der Waals surface area contributed by atoms with Crippen LogP contribution in [-0.4, -0.2) is 78.0 Å². The number of ether oxygens (including phenoxy) is 7. The van der Waals surface area contributed by atoms with E-state index >= 15 is 0 Å². The van der Waals surface area contributed by atoms with Gasteiger partial charge in [0.2, 0.25) is 0 Å². The zero-order valence-electron chi connectivity index (χ0n) is 29.3. The van der Waals surface area contributed by atoms with E-state index in [-0.39, 0.29) is 18.0 Å². The van der Waals surface area contributed by atoms with Crippen molar-refractivity contribution in [3.63, 3.8) is 0 Å². The number of hydrogen-bond acceptors (Lipinski definition) is 9. The summed E-state index contributed by atoms with van der Waals surface area (Å²) in [5.41, 5.74) is 2.17. The molecule has 2 aromatic carbocycles. The molecule has 3 fully saturated rings. The van der Waals surface area contributed by atoms with E-state index in [2.05, 4.69) is 37.3 Å². The molecule has 0 radical (unpaired) electrons. The molecule has 0 amide bonds. The molecule has 49 heavy (non-hydrogen) atoms. The molecule has 1 unspecified atom stereocenters. The van der Waals surface area contributed by atoms with Gasteiger partial charge in [-0.1, -0.05) is 43.3 Å². The average molecular weight is 679 g/mol.